The number of nitrogens with one attached hydrogen (secondary N) is 1. The largest absolute Gasteiger partial charge is 0.493 e. The number of hydrogen-bond acceptors (Lipinski definition) is 6. The molecule has 1 amide bonds. The molecular formula is C18H22N2O6. The van der Waals surface area contributed by atoms with Gasteiger partial charge in [0.1, 0.15) is 0 Å². The van der Waals surface area contributed by atoms with E-state index >= 15 is 0 Å². The van der Waals surface area contributed by atoms with Crippen molar-refractivity contribution in [3.63, 3.8) is 0 Å². The van der Waals surface area contributed by atoms with Crippen molar-refractivity contribution in [2.75, 3.05) is 33.3 Å². The minimum Gasteiger partial charge on any atom is -0.493 e. The fourth-order valence-electron chi connectivity index (χ4n) is 2.37. The number of anilines is 1. The number of methoxy groups -OCH3 is 3. The monoisotopic (exact) mass is 362 g/mol. The van der Waals surface area contributed by atoms with Crippen LogP contribution >= 0.6 is 0 Å². The van der Waals surface area contributed by atoms with Crippen LogP contribution in [0.3, 0.4) is 0 Å². The van der Waals surface area contributed by atoms with E-state index in [1.807, 2.05) is 0 Å². The number of nitrogens with zero attached hydrogens (tertiary/aromatic N) is 1. The molecule has 2 rings (SSSR count). The van der Waals surface area contributed by atoms with Crippen molar-refractivity contribution in [1.29, 1.82) is 0 Å². The number of ether oxygens (including phenoxy) is 4. The van der Waals surface area contributed by atoms with E-state index in [1.165, 1.54) is 27.4 Å². The molecule has 8 nitrogen and oxygen atoms in total. The Balaban J connectivity index is 2.14. The molecule has 0 saturated carbocycles. The molecule has 0 bridgehead atoms. The lowest BCUT2D eigenvalue weighted by molar-refractivity contribution is -0.118. The van der Waals surface area contributed by atoms with Gasteiger partial charge >= 0.3 is 0 Å². The molecule has 0 saturated heterocycles. The normalized spacial score (nSPS) is 10.2. The van der Waals surface area contributed by atoms with Crippen LogP contribution in [0, 0.1) is 6.92 Å². The van der Waals surface area contributed by atoms with Crippen LogP contribution < -0.4 is 29.7 Å². The van der Waals surface area contributed by atoms with Gasteiger partial charge in [-0.05, 0) is 6.92 Å². The summed E-state index contributed by atoms with van der Waals surface area (Å²) in [6.45, 7) is 1.44. The molecule has 1 N–H and O–H groups in total. The zero-order valence-electron chi connectivity index (χ0n) is 15.4. The molecule has 0 aliphatic heterocycles. The van der Waals surface area contributed by atoms with Crippen molar-refractivity contribution in [3.8, 4) is 23.0 Å². The minimum atomic E-state index is -0.426. The molecule has 0 spiro atoms. The van der Waals surface area contributed by atoms with Crippen molar-refractivity contribution >= 4 is 11.6 Å². The second-order valence-corrected chi connectivity index (χ2v) is 5.46. The third kappa shape index (κ3) is 4.08. The lowest BCUT2D eigenvalue weighted by Gasteiger charge is -2.15. The Labute approximate surface area is 151 Å². The highest BCUT2D eigenvalue weighted by Crippen LogP contribution is 2.39. The third-order valence-corrected chi connectivity index (χ3v) is 3.83. The fraction of sp³-hybridized carbons (Fsp3) is 0.333. The summed E-state index contributed by atoms with van der Waals surface area (Å²) in [5.41, 5.74) is 0.810. The van der Waals surface area contributed by atoms with Gasteiger partial charge in [-0.3, -0.25) is 9.59 Å². The number of rotatable bonds is 7. The molecule has 0 aliphatic carbocycles. The molecule has 2 aromatic rings. The zero-order valence-corrected chi connectivity index (χ0v) is 15.4. The standard InChI is InChI=1S/C18H22N2O6/c1-11-17(13(21)6-7-20(11)2)26-10-16(22)19-12-8-14(23-3)18(25-5)15(9-12)24-4/h6-9H,10H2,1-5H3,(H,19,22). The van der Waals surface area contributed by atoms with Gasteiger partial charge in [0.2, 0.25) is 11.2 Å². The Morgan fingerprint density at radius 2 is 1.69 bits per heavy atom. The summed E-state index contributed by atoms with van der Waals surface area (Å²) < 4.78 is 22.9. The van der Waals surface area contributed by atoms with E-state index in [4.69, 9.17) is 18.9 Å². The Hall–Kier alpha value is -3.16. The van der Waals surface area contributed by atoms with Crippen LogP contribution in [0.4, 0.5) is 5.69 Å². The molecule has 1 aromatic heterocycles. The van der Waals surface area contributed by atoms with E-state index < -0.39 is 5.91 Å². The van der Waals surface area contributed by atoms with Crippen molar-refractivity contribution in [2.45, 2.75) is 6.92 Å². The first kappa shape index (κ1) is 19.2. The van der Waals surface area contributed by atoms with Crippen LogP contribution in [0.15, 0.2) is 29.2 Å². The number of aryl methyl sites for hydroxylation is 1. The van der Waals surface area contributed by atoms with E-state index in [2.05, 4.69) is 5.32 Å². The molecule has 140 valence electrons. The highest BCUT2D eigenvalue weighted by molar-refractivity contribution is 5.92. The molecule has 8 heteroatoms. The van der Waals surface area contributed by atoms with Crippen molar-refractivity contribution < 1.29 is 23.7 Å². The molecule has 0 fully saturated rings. The lowest BCUT2D eigenvalue weighted by atomic mass is 10.2. The van der Waals surface area contributed by atoms with E-state index in [1.54, 1.807) is 36.9 Å². The van der Waals surface area contributed by atoms with E-state index in [0.717, 1.165) is 0 Å². The topological polar surface area (TPSA) is 88.0 Å². The van der Waals surface area contributed by atoms with Crippen LogP contribution in [-0.2, 0) is 11.8 Å². The minimum absolute atomic E-state index is 0.148. The SMILES string of the molecule is COc1cc(NC(=O)COc2c(C)n(C)ccc2=O)cc(OC)c1OC. The third-order valence-electron chi connectivity index (χ3n) is 3.83. The molecule has 0 unspecified atom stereocenters. The zero-order chi connectivity index (χ0) is 19.3. The van der Waals surface area contributed by atoms with Crippen LogP contribution in [0.25, 0.3) is 0 Å². The van der Waals surface area contributed by atoms with Gasteiger partial charge in [0.25, 0.3) is 5.91 Å². The van der Waals surface area contributed by atoms with Gasteiger partial charge in [0, 0.05) is 37.1 Å². The number of carbonyl (C=O) groups excluding carboxylic acids is 1. The number of pyridine rings is 1. The Kier molecular flexibility index (Phi) is 6.11. The Morgan fingerprint density at radius 1 is 1.08 bits per heavy atom. The second kappa shape index (κ2) is 8.28. The molecule has 0 atom stereocenters. The Morgan fingerprint density at radius 3 is 2.23 bits per heavy atom. The van der Waals surface area contributed by atoms with Crippen LogP contribution in [0.5, 0.6) is 23.0 Å². The molecular weight excluding hydrogens is 340 g/mol. The molecule has 0 radical (unpaired) electrons. The summed E-state index contributed by atoms with van der Waals surface area (Å²) in [5, 5.41) is 2.68. The smallest absolute Gasteiger partial charge is 0.262 e. The second-order valence-electron chi connectivity index (χ2n) is 5.46. The summed E-state index contributed by atoms with van der Waals surface area (Å²) in [6.07, 6.45) is 1.64. The highest BCUT2D eigenvalue weighted by Gasteiger charge is 2.15. The van der Waals surface area contributed by atoms with Gasteiger partial charge in [0.05, 0.1) is 27.0 Å². The average Bonchev–Trinajstić information content (AvgIpc) is 2.63. The van der Waals surface area contributed by atoms with E-state index in [9.17, 15) is 9.59 Å². The lowest BCUT2D eigenvalue weighted by Crippen LogP contribution is -2.23. The summed E-state index contributed by atoms with van der Waals surface area (Å²) in [5.74, 6) is 0.971. The number of benzene rings is 1. The number of amides is 1. The molecule has 1 heterocycles. The van der Waals surface area contributed by atoms with Crippen LogP contribution in [0.1, 0.15) is 5.69 Å². The maximum Gasteiger partial charge on any atom is 0.262 e. The van der Waals surface area contributed by atoms with Gasteiger partial charge < -0.3 is 28.8 Å². The van der Waals surface area contributed by atoms with Gasteiger partial charge in [-0.15, -0.1) is 0 Å². The van der Waals surface area contributed by atoms with Crippen molar-refractivity contribution in [1.82, 2.24) is 4.57 Å². The summed E-state index contributed by atoms with van der Waals surface area (Å²) in [7, 11) is 6.26. The van der Waals surface area contributed by atoms with Crippen molar-refractivity contribution in [2.24, 2.45) is 7.05 Å². The summed E-state index contributed by atoms with van der Waals surface area (Å²) in [6, 6.07) is 4.59. The maximum atomic E-state index is 12.2. The van der Waals surface area contributed by atoms with Crippen molar-refractivity contribution in [3.05, 3.63) is 40.3 Å². The molecule has 26 heavy (non-hydrogen) atoms. The predicted molar refractivity (Wildman–Crippen MR) is 96.6 cm³/mol. The Bertz CT molecular complexity index is 834. The average molecular weight is 362 g/mol. The summed E-state index contributed by atoms with van der Waals surface area (Å²) in [4.78, 5) is 24.1. The predicted octanol–water partition coefficient (Wildman–Crippen LogP) is 1.74. The van der Waals surface area contributed by atoms with Crippen LogP contribution in [-0.4, -0.2) is 38.4 Å². The van der Waals surface area contributed by atoms with Crippen LogP contribution in [0.2, 0.25) is 0 Å². The molecule has 0 aliphatic rings. The number of aromatic nitrogens is 1. The van der Waals surface area contributed by atoms with E-state index in [-0.39, 0.29) is 17.8 Å². The first-order valence-electron chi connectivity index (χ1n) is 7.80. The van der Waals surface area contributed by atoms with E-state index in [0.29, 0.717) is 28.6 Å². The quantitative estimate of drug-likeness (QED) is 0.807. The number of hydrogen-bond donors (Lipinski definition) is 1. The van der Waals surface area contributed by atoms with Gasteiger partial charge in [-0.25, -0.2) is 0 Å². The van der Waals surface area contributed by atoms with Gasteiger partial charge in [-0.1, -0.05) is 0 Å². The maximum absolute atomic E-state index is 12.2. The first-order chi connectivity index (χ1) is 12.4. The van der Waals surface area contributed by atoms with Gasteiger partial charge in [0.15, 0.2) is 23.9 Å². The highest BCUT2D eigenvalue weighted by atomic mass is 16.5. The summed E-state index contributed by atoms with van der Waals surface area (Å²) >= 11 is 0. The van der Waals surface area contributed by atoms with Gasteiger partial charge in [-0.2, -0.15) is 0 Å². The number of carbonyl (C=O) groups is 1. The first-order valence-corrected chi connectivity index (χ1v) is 7.80. The fourth-order valence-corrected chi connectivity index (χ4v) is 2.37. The molecule has 1 aromatic carbocycles.